The van der Waals surface area contributed by atoms with Crippen LogP contribution in [0.3, 0.4) is 0 Å². The molecule has 0 heterocycles. The van der Waals surface area contributed by atoms with Gasteiger partial charge in [-0.25, -0.2) is 17.2 Å². The molecule has 2 aromatic rings. The summed E-state index contributed by atoms with van der Waals surface area (Å²) in [5.74, 6) is -1.05. The molecule has 0 aliphatic heterocycles. The number of anilines is 1. The van der Waals surface area contributed by atoms with Crippen LogP contribution in [0.5, 0.6) is 0 Å². The maximum atomic E-state index is 13.7. The van der Waals surface area contributed by atoms with Crippen LogP contribution in [0, 0.1) is 11.6 Å². The molecule has 0 fully saturated rings. The topological polar surface area (TPSA) is 46.2 Å². The smallest absolute Gasteiger partial charge is 0.175 e. The molecule has 0 aliphatic rings. The van der Waals surface area contributed by atoms with E-state index >= 15 is 0 Å². The molecule has 0 spiro atoms. The Hall–Kier alpha value is -1.66. The maximum Gasteiger partial charge on any atom is 0.175 e. The molecule has 21 heavy (non-hydrogen) atoms. The minimum atomic E-state index is -3.42. The Morgan fingerprint density at radius 2 is 1.86 bits per heavy atom. The van der Waals surface area contributed by atoms with E-state index in [2.05, 4.69) is 5.32 Å². The SMILES string of the molecule is CS(=O)(=O)c1ccc(F)c(NCc2ccc(F)cc2Cl)c1. The second-order valence-corrected chi connectivity index (χ2v) is 6.93. The van der Waals surface area contributed by atoms with Gasteiger partial charge in [0.2, 0.25) is 0 Å². The summed E-state index contributed by atoms with van der Waals surface area (Å²) in [6.07, 6.45) is 1.04. The fourth-order valence-corrected chi connectivity index (χ4v) is 2.61. The number of hydrogen-bond donors (Lipinski definition) is 1. The van der Waals surface area contributed by atoms with Gasteiger partial charge in [-0.1, -0.05) is 17.7 Å². The third-order valence-electron chi connectivity index (χ3n) is 2.85. The van der Waals surface area contributed by atoms with Crippen LogP contribution in [0.1, 0.15) is 5.56 Å². The molecule has 2 aromatic carbocycles. The van der Waals surface area contributed by atoms with Crippen molar-refractivity contribution in [3.8, 4) is 0 Å². The van der Waals surface area contributed by atoms with Crippen LogP contribution in [-0.4, -0.2) is 14.7 Å². The van der Waals surface area contributed by atoms with Gasteiger partial charge in [-0.3, -0.25) is 0 Å². The van der Waals surface area contributed by atoms with Gasteiger partial charge in [0.15, 0.2) is 9.84 Å². The van der Waals surface area contributed by atoms with Gasteiger partial charge in [-0.2, -0.15) is 0 Å². The summed E-state index contributed by atoms with van der Waals surface area (Å²) in [6.45, 7) is 0.142. The molecular weight excluding hydrogens is 320 g/mol. The van der Waals surface area contributed by atoms with Crippen LogP contribution in [0.25, 0.3) is 0 Å². The van der Waals surface area contributed by atoms with Gasteiger partial charge in [0, 0.05) is 17.8 Å². The van der Waals surface area contributed by atoms with Crippen molar-refractivity contribution in [2.45, 2.75) is 11.4 Å². The van der Waals surface area contributed by atoms with Crippen molar-refractivity contribution in [2.24, 2.45) is 0 Å². The second-order valence-electron chi connectivity index (χ2n) is 4.50. The highest BCUT2D eigenvalue weighted by molar-refractivity contribution is 7.90. The van der Waals surface area contributed by atoms with Crippen molar-refractivity contribution in [3.63, 3.8) is 0 Å². The second kappa shape index (κ2) is 5.99. The number of rotatable bonds is 4. The molecule has 0 aliphatic carbocycles. The lowest BCUT2D eigenvalue weighted by Gasteiger charge is -2.10. The van der Waals surface area contributed by atoms with Gasteiger partial charge >= 0.3 is 0 Å². The lowest BCUT2D eigenvalue weighted by atomic mass is 10.2. The summed E-state index contributed by atoms with van der Waals surface area (Å²) >= 11 is 5.87. The summed E-state index contributed by atoms with van der Waals surface area (Å²) in [5.41, 5.74) is 0.612. The van der Waals surface area contributed by atoms with Gasteiger partial charge in [0.05, 0.1) is 10.6 Å². The quantitative estimate of drug-likeness (QED) is 0.870. The number of halogens is 3. The van der Waals surface area contributed by atoms with Crippen molar-refractivity contribution in [2.75, 3.05) is 11.6 Å². The molecule has 0 saturated heterocycles. The van der Waals surface area contributed by atoms with Gasteiger partial charge in [0.1, 0.15) is 11.6 Å². The Labute approximate surface area is 126 Å². The van der Waals surface area contributed by atoms with Crippen LogP contribution in [0.15, 0.2) is 41.3 Å². The molecule has 112 valence electrons. The van der Waals surface area contributed by atoms with E-state index < -0.39 is 21.5 Å². The van der Waals surface area contributed by atoms with Crippen molar-refractivity contribution in [1.29, 1.82) is 0 Å². The molecule has 3 nitrogen and oxygen atoms in total. The summed E-state index contributed by atoms with van der Waals surface area (Å²) in [5, 5.41) is 2.97. The average molecular weight is 332 g/mol. The summed E-state index contributed by atoms with van der Waals surface area (Å²) in [7, 11) is -3.42. The number of nitrogens with one attached hydrogen (secondary N) is 1. The summed E-state index contributed by atoms with van der Waals surface area (Å²) in [4.78, 5) is 0.0107. The van der Waals surface area contributed by atoms with Crippen LogP contribution < -0.4 is 5.32 Å². The highest BCUT2D eigenvalue weighted by atomic mass is 35.5. The van der Waals surface area contributed by atoms with E-state index in [1.54, 1.807) is 0 Å². The Morgan fingerprint density at radius 1 is 1.14 bits per heavy atom. The lowest BCUT2D eigenvalue weighted by Crippen LogP contribution is -2.04. The van der Waals surface area contributed by atoms with E-state index in [1.807, 2.05) is 0 Å². The standard InChI is InChI=1S/C14H12ClF2NO2S/c1-21(19,20)11-4-5-13(17)14(7-11)18-8-9-2-3-10(16)6-12(9)15/h2-7,18H,8H2,1H3. The van der Waals surface area contributed by atoms with Crippen molar-refractivity contribution in [3.05, 3.63) is 58.6 Å². The Morgan fingerprint density at radius 3 is 2.48 bits per heavy atom. The fraction of sp³-hybridized carbons (Fsp3) is 0.143. The molecule has 0 atom stereocenters. The van der Waals surface area contributed by atoms with E-state index in [0.29, 0.717) is 5.56 Å². The zero-order chi connectivity index (χ0) is 15.6. The molecule has 0 aromatic heterocycles. The molecule has 0 saturated carbocycles. The van der Waals surface area contributed by atoms with Gasteiger partial charge < -0.3 is 5.32 Å². The summed E-state index contributed by atoms with van der Waals surface area (Å²) in [6, 6.07) is 7.35. The van der Waals surface area contributed by atoms with Crippen molar-refractivity contribution in [1.82, 2.24) is 0 Å². The molecule has 2 rings (SSSR count). The molecular formula is C14H12ClF2NO2S. The highest BCUT2D eigenvalue weighted by Crippen LogP contribution is 2.22. The Balaban J connectivity index is 2.23. The maximum absolute atomic E-state index is 13.7. The van der Waals surface area contributed by atoms with E-state index in [1.165, 1.54) is 24.3 Å². The third-order valence-corrected chi connectivity index (χ3v) is 4.31. The van der Waals surface area contributed by atoms with E-state index in [-0.39, 0.29) is 22.2 Å². The van der Waals surface area contributed by atoms with Crippen LogP contribution in [0.2, 0.25) is 5.02 Å². The molecule has 0 bridgehead atoms. The number of benzene rings is 2. The lowest BCUT2D eigenvalue weighted by molar-refractivity contribution is 0.600. The summed E-state index contributed by atoms with van der Waals surface area (Å²) < 4.78 is 49.5. The van der Waals surface area contributed by atoms with Gasteiger partial charge in [-0.05, 0) is 35.9 Å². The minimum absolute atomic E-state index is 0.0107. The fourth-order valence-electron chi connectivity index (χ4n) is 1.73. The average Bonchev–Trinajstić information content (AvgIpc) is 2.38. The van der Waals surface area contributed by atoms with Crippen molar-refractivity contribution >= 4 is 27.1 Å². The normalized spacial score (nSPS) is 11.4. The number of hydrogen-bond acceptors (Lipinski definition) is 3. The van der Waals surface area contributed by atoms with Crippen LogP contribution in [0.4, 0.5) is 14.5 Å². The predicted molar refractivity (Wildman–Crippen MR) is 78.2 cm³/mol. The van der Waals surface area contributed by atoms with E-state index in [0.717, 1.165) is 18.4 Å². The molecule has 1 N–H and O–H groups in total. The van der Waals surface area contributed by atoms with Crippen molar-refractivity contribution < 1.29 is 17.2 Å². The molecule has 0 radical (unpaired) electrons. The minimum Gasteiger partial charge on any atom is -0.379 e. The van der Waals surface area contributed by atoms with Gasteiger partial charge in [0.25, 0.3) is 0 Å². The Bertz CT molecular complexity index is 779. The largest absolute Gasteiger partial charge is 0.379 e. The predicted octanol–water partition coefficient (Wildman–Crippen LogP) is 3.63. The van der Waals surface area contributed by atoms with E-state index in [4.69, 9.17) is 11.6 Å². The molecule has 7 heteroatoms. The molecule has 0 amide bonds. The Kier molecular flexibility index (Phi) is 4.49. The highest BCUT2D eigenvalue weighted by Gasteiger charge is 2.11. The monoisotopic (exact) mass is 331 g/mol. The van der Waals surface area contributed by atoms with Crippen LogP contribution in [-0.2, 0) is 16.4 Å². The zero-order valence-corrected chi connectivity index (χ0v) is 12.6. The van der Waals surface area contributed by atoms with Gasteiger partial charge in [-0.15, -0.1) is 0 Å². The first-order valence-corrected chi connectivity index (χ1v) is 8.22. The zero-order valence-electron chi connectivity index (χ0n) is 11.0. The number of sulfone groups is 1. The third kappa shape index (κ3) is 3.92. The molecule has 0 unspecified atom stereocenters. The first-order chi connectivity index (χ1) is 9.77. The van der Waals surface area contributed by atoms with Crippen LogP contribution >= 0.6 is 11.6 Å². The first kappa shape index (κ1) is 15.7. The first-order valence-electron chi connectivity index (χ1n) is 5.95. The van der Waals surface area contributed by atoms with E-state index in [9.17, 15) is 17.2 Å².